The van der Waals surface area contributed by atoms with E-state index in [1.165, 1.54) is 0 Å². The number of hydrogen-bond donors (Lipinski definition) is 2. The lowest BCUT2D eigenvalue weighted by molar-refractivity contribution is 1.25. The second-order valence-electron chi connectivity index (χ2n) is 1.92. The molecule has 0 spiro atoms. The van der Waals surface area contributed by atoms with Crippen molar-refractivity contribution >= 4 is 17.3 Å². The lowest BCUT2D eigenvalue weighted by Crippen LogP contribution is -1.91. The van der Waals surface area contributed by atoms with Crippen molar-refractivity contribution < 1.29 is 0 Å². The summed E-state index contributed by atoms with van der Waals surface area (Å²) < 4.78 is 0. The van der Waals surface area contributed by atoms with Gasteiger partial charge in [0.05, 0.1) is 12.6 Å². The van der Waals surface area contributed by atoms with E-state index in [1.54, 1.807) is 24.3 Å². The van der Waals surface area contributed by atoms with Crippen molar-refractivity contribution in [3.63, 3.8) is 0 Å². The van der Waals surface area contributed by atoms with Gasteiger partial charge in [0, 0.05) is 10.7 Å². The van der Waals surface area contributed by atoms with Gasteiger partial charge >= 0.3 is 0 Å². The maximum atomic E-state index is 7.50. The maximum Gasteiger partial charge on any atom is 0.0815 e. The fourth-order valence-corrected chi connectivity index (χ4v) is 0.705. The summed E-state index contributed by atoms with van der Waals surface area (Å²) in [6, 6.07) is 8.82. The van der Waals surface area contributed by atoms with Gasteiger partial charge in [-0.05, 0) is 18.2 Å². The summed E-state index contributed by atoms with van der Waals surface area (Å²) in [6.45, 7) is 0.125. The Bertz CT molecular complexity index is 250. The zero-order valence-electron chi connectivity index (χ0n) is 6.50. The van der Waals surface area contributed by atoms with Crippen LogP contribution in [0.2, 0.25) is 5.02 Å². The fourth-order valence-electron chi connectivity index (χ4n) is 0.507. The Morgan fingerprint density at radius 3 is 2.33 bits per heavy atom. The average molecular weight is 184 g/mol. The van der Waals surface area contributed by atoms with Crippen molar-refractivity contribution in [2.75, 3.05) is 12.3 Å². The predicted molar refractivity (Wildman–Crippen MR) is 50.5 cm³/mol. The lowest BCUT2D eigenvalue weighted by Gasteiger charge is -1.89. The van der Waals surface area contributed by atoms with Gasteiger partial charge in [0.15, 0.2) is 0 Å². The molecule has 1 aromatic rings. The lowest BCUT2D eigenvalue weighted by atomic mass is 10.3. The van der Waals surface area contributed by atoms with E-state index < -0.39 is 0 Å². The minimum absolute atomic E-state index is 0.125. The summed E-state index contributed by atoms with van der Waals surface area (Å²) in [5, 5.41) is 8.19. The van der Waals surface area contributed by atoms with Crippen LogP contribution in [0.3, 0.4) is 0 Å². The van der Waals surface area contributed by atoms with E-state index in [-0.39, 0.29) is 6.54 Å². The molecule has 1 aromatic carbocycles. The van der Waals surface area contributed by atoms with Gasteiger partial charge in [-0.1, -0.05) is 17.7 Å². The van der Waals surface area contributed by atoms with E-state index in [9.17, 15) is 0 Å². The molecule has 4 heteroatoms. The zero-order valence-corrected chi connectivity index (χ0v) is 7.25. The quantitative estimate of drug-likeness (QED) is 0.472. The molecule has 0 saturated carbocycles. The van der Waals surface area contributed by atoms with Crippen molar-refractivity contribution in [3.05, 3.63) is 29.3 Å². The van der Waals surface area contributed by atoms with Crippen LogP contribution in [0.25, 0.3) is 0 Å². The molecule has 12 heavy (non-hydrogen) atoms. The van der Waals surface area contributed by atoms with Crippen LogP contribution in [0.15, 0.2) is 24.3 Å². The average Bonchev–Trinajstić information content (AvgIpc) is 2.04. The van der Waals surface area contributed by atoms with Crippen LogP contribution in [-0.2, 0) is 0 Å². The molecule has 4 N–H and O–H groups in total. The summed E-state index contributed by atoms with van der Waals surface area (Å²) in [5.74, 6) is 0. The third-order valence-electron chi connectivity index (χ3n) is 0.940. The van der Waals surface area contributed by atoms with E-state index >= 15 is 0 Å². The highest BCUT2D eigenvalue weighted by molar-refractivity contribution is 6.30. The molecule has 64 valence electrons. The molecular formula is C8H10ClN3. The molecule has 0 amide bonds. The Labute approximate surface area is 76.5 Å². The number of benzene rings is 1. The Kier molecular flexibility index (Phi) is 5.80. The van der Waals surface area contributed by atoms with Crippen LogP contribution in [0.5, 0.6) is 0 Å². The van der Waals surface area contributed by atoms with Crippen molar-refractivity contribution in [2.24, 2.45) is 5.73 Å². The van der Waals surface area contributed by atoms with E-state index in [0.29, 0.717) is 10.7 Å². The molecule has 0 aromatic heterocycles. The van der Waals surface area contributed by atoms with E-state index in [0.717, 1.165) is 0 Å². The Morgan fingerprint density at radius 1 is 1.50 bits per heavy atom. The van der Waals surface area contributed by atoms with E-state index in [2.05, 4.69) is 5.73 Å². The first-order valence-corrected chi connectivity index (χ1v) is 3.66. The third kappa shape index (κ3) is 5.54. The predicted octanol–water partition coefficient (Wildman–Crippen LogP) is 1.39. The highest BCUT2D eigenvalue weighted by atomic mass is 35.5. The third-order valence-corrected chi connectivity index (χ3v) is 1.18. The van der Waals surface area contributed by atoms with Gasteiger partial charge in [-0.2, -0.15) is 5.26 Å². The van der Waals surface area contributed by atoms with Gasteiger partial charge in [-0.15, -0.1) is 0 Å². The molecule has 0 atom stereocenters. The minimum atomic E-state index is 0.125. The highest BCUT2D eigenvalue weighted by Gasteiger charge is 1.83. The number of halogens is 1. The van der Waals surface area contributed by atoms with Crippen molar-refractivity contribution in [2.45, 2.75) is 0 Å². The second-order valence-corrected chi connectivity index (χ2v) is 2.35. The standard InChI is InChI=1S/C6H6ClN.C2H4N2/c7-5-2-1-3-6(8)4-5;3-1-2-4/h1-4H,8H2;1,3H2. The first kappa shape index (κ1) is 10.8. The van der Waals surface area contributed by atoms with Crippen molar-refractivity contribution in [3.8, 4) is 6.07 Å². The first-order chi connectivity index (χ1) is 5.70. The van der Waals surface area contributed by atoms with Gasteiger partial charge in [-0.25, -0.2) is 0 Å². The Hall–Kier alpha value is -1.24. The van der Waals surface area contributed by atoms with Crippen LogP contribution >= 0.6 is 11.6 Å². The normalized spacial score (nSPS) is 7.75. The van der Waals surface area contributed by atoms with Crippen LogP contribution < -0.4 is 11.5 Å². The SMILES string of the molecule is N#CCN.Nc1cccc(Cl)c1. The van der Waals surface area contributed by atoms with Gasteiger partial charge in [-0.3, -0.25) is 0 Å². The Morgan fingerprint density at radius 2 is 2.08 bits per heavy atom. The van der Waals surface area contributed by atoms with Gasteiger partial charge in [0.1, 0.15) is 0 Å². The molecule has 0 bridgehead atoms. The van der Waals surface area contributed by atoms with Gasteiger partial charge in [0.2, 0.25) is 0 Å². The number of hydrogen-bond acceptors (Lipinski definition) is 3. The van der Waals surface area contributed by atoms with Gasteiger partial charge < -0.3 is 11.5 Å². The van der Waals surface area contributed by atoms with Gasteiger partial charge in [0.25, 0.3) is 0 Å². The molecular weight excluding hydrogens is 174 g/mol. The fraction of sp³-hybridized carbons (Fsp3) is 0.125. The highest BCUT2D eigenvalue weighted by Crippen LogP contribution is 2.10. The first-order valence-electron chi connectivity index (χ1n) is 3.28. The molecule has 0 aliphatic rings. The summed E-state index contributed by atoms with van der Waals surface area (Å²) in [7, 11) is 0. The van der Waals surface area contributed by atoms with Crippen molar-refractivity contribution in [1.82, 2.24) is 0 Å². The summed E-state index contributed by atoms with van der Waals surface area (Å²) in [4.78, 5) is 0. The monoisotopic (exact) mass is 183 g/mol. The molecule has 0 heterocycles. The molecule has 0 unspecified atom stereocenters. The summed E-state index contributed by atoms with van der Waals surface area (Å²) in [5.41, 5.74) is 10.7. The molecule has 1 rings (SSSR count). The number of nitrogens with two attached hydrogens (primary N) is 2. The molecule has 0 radical (unpaired) electrons. The Balaban J connectivity index is 0.000000261. The van der Waals surface area contributed by atoms with E-state index in [1.807, 2.05) is 6.07 Å². The topological polar surface area (TPSA) is 75.8 Å². The molecule has 0 fully saturated rings. The van der Waals surface area contributed by atoms with Crippen molar-refractivity contribution in [1.29, 1.82) is 5.26 Å². The smallest absolute Gasteiger partial charge is 0.0815 e. The number of nitrogen functional groups attached to an aromatic ring is 1. The second kappa shape index (κ2) is 6.47. The van der Waals surface area contributed by atoms with Crippen LogP contribution in [-0.4, -0.2) is 6.54 Å². The number of rotatable bonds is 0. The molecule has 3 nitrogen and oxygen atoms in total. The summed E-state index contributed by atoms with van der Waals surface area (Å²) in [6.07, 6.45) is 0. The molecule has 0 aliphatic carbocycles. The van der Waals surface area contributed by atoms with Crippen LogP contribution in [0.1, 0.15) is 0 Å². The van der Waals surface area contributed by atoms with Crippen LogP contribution in [0, 0.1) is 11.3 Å². The number of nitriles is 1. The largest absolute Gasteiger partial charge is 0.399 e. The number of anilines is 1. The molecule has 0 saturated heterocycles. The van der Waals surface area contributed by atoms with E-state index in [4.69, 9.17) is 22.6 Å². The van der Waals surface area contributed by atoms with Crippen LogP contribution in [0.4, 0.5) is 5.69 Å². The zero-order chi connectivity index (χ0) is 9.40. The summed E-state index contributed by atoms with van der Waals surface area (Å²) >= 11 is 5.56. The minimum Gasteiger partial charge on any atom is -0.399 e. The number of nitrogens with zero attached hydrogens (tertiary/aromatic N) is 1. The maximum absolute atomic E-state index is 7.50. The molecule has 0 aliphatic heterocycles.